The molecule has 0 radical (unpaired) electrons. The fourth-order valence-corrected chi connectivity index (χ4v) is 3.73. The van der Waals surface area contributed by atoms with Crippen LogP contribution in [0.15, 0.2) is 41.6 Å². The van der Waals surface area contributed by atoms with E-state index in [-0.39, 0.29) is 31.8 Å². The number of hydrogen-bond donors (Lipinski definition) is 2. The van der Waals surface area contributed by atoms with Crippen LogP contribution in [0.25, 0.3) is 11.1 Å². The fraction of sp³-hybridized carbons (Fsp3) is 0.391. The van der Waals surface area contributed by atoms with Crippen LogP contribution in [-0.4, -0.2) is 66.2 Å². The van der Waals surface area contributed by atoms with Crippen molar-refractivity contribution in [2.75, 3.05) is 33.5 Å². The highest BCUT2D eigenvalue weighted by Gasteiger charge is 2.33. The normalized spacial score (nSPS) is 17.4. The molecule has 2 aromatic carbocycles. The number of aryl methyl sites for hydroxylation is 1. The second kappa shape index (κ2) is 9.73. The third kappa shape index (κ3) is 4.47. The van der Waals surface area contributed by atoms with Gasteiger partial charge in [-0.1, -0.05) is 23.4 Å². The SMILES string of the molecule is CO/N=C1\C[C@@H](CO)N(C(=O)c2ccc(-c3cccc(C)c3C)c(OCCO)c2)C1. The average molecular weight is 412 g/mol. The standard InChI is InChI=1S/C23H28N2O5/c1-15-5-4-6-20(16(15)2)21-8-7-17(11-22(21)30-10-9-26)23(28)25-13-18(24-29-3)12-19(25)14-27/h4-8,11,19,26-27H,9-10,12-14H2,1-3H3/b24-18+/t19-/m0/s1. The number of carbonyl (C=O) groups excluding carboxylic acids is 1. The van der Waals surface area contributed by atoms with Crippen molar-refractivity contribution in [2.45, 2.75) is 26.3 Å². The van der Waals surface area contributed by atoms with Gasteiger partial charge in [0.25, 0.3) is 5.91 Å². The van der Waals surface area contributed by atoms with Crippen molar-refractivity contribution in [2.24, 2.45) is 5.16 Å². The Kier molecular flexibility index (Phi) is 7.07. The summed E-state index contributed by atoms with van der Waals surface area (Å²) in [6, 6.07) is 11.1. The van der Waals surface area contributed by atoms with Gasteiger partial charge in [0, 0.05) is 17.5 Å². The largest absolute Gasteiger partial charge is 0.491 e. The Bertz CT molecular complexity index is 941. The minimum Gasteiger partial charge on any atom is -0.491 e. The highest BCUT2D eigenvalue weighted by atomic mass is 16.6. The summed E-state index contributed by atoms with van der Waals surface area (Å²) in [5.74, 6) is 0.325. The number of oxime groups is 1. The van der Waals surface area contributed by atoms with Gasteiger partial charge >= 0.3 is 0 Å². The lowest BCUT2D eigenvalue weighted by molar-refractivity contribution is 0.0679. The monoisotopic (exact) mass is 412 g/mol. The maximum absolute atomic E-state index is 13.2. The number of carbonyl (C=O) groups is 1. The Morgan fingerprint density at radius 2 is 2.00 bits per heavy atom. The Balaban J connectivity index is 1.97. The summed E-state index contributed by atoms with van der Waals surface area (Å²) < 4.78 is 5.79. The molecular weight excluding hydrogens is 384 g/mol. The molecule has 160 valence electrons. The molecule has 3 rings (SSSR count). The Hall–Kier alpha value is -2.90. The van der Waals surface area contributed by atoms with Crippen LogP contribution in [0.1, 0.15) is 27.9 Å². The van der Waals surface area contributed by atoms with Gasteiger partial charge in [0.05, 0.1) is 31.5 Å². The van der Waals surface area contributed by atoms with E-state index < -0.39 is 0 Å². The molecule has 1 heterocycles. The molecule has 0 bridgehead atoms. The molecular formula is C23H28N2O5. The highest BCUT2D eigenvalue weighted by Crippen LogP contribution is 2.35. The number of aliphatic hydroxyl groups is 2. The molecule has 1 saturated heterocycles. The molecule has 1 fully saturated rings. The second-order valence-corrected chi connectivity index (χ2v) is 7.34. The summed E-state index contributed by atoms with van der Waals surface area (Å²) >= 11 is 0. The van der Waals surface area contributed by atoms with Crippen molar-refractivity contribution in [3.05, 3.63) is 53.1 Å². The summed E-state index contributed by atoms with van der Waals surface area (Å²) in [5.41, 5.74) is 5.34. The average Bonchev–Trinajstić information content (AvgIpc) is 3.17. The number of nitrogens with zero attached hydrogens (tertiary/aromatic N) is 2. The Labute approximate surface area is 176 Å². The molecule has 30 heavy (non-hydrogen) atoms. The number of ether oxygens (including phenoxy) is 1. The number of amides is 1. The minimum atomic E-state index is -0.341. The van der Waals surface area contributed by atoms with E-state index in [0.29, 0.717) is 30.0 Å². The van der Waals surface area contributed by atoms with Crippen LogP contribution in [0.4, 0.5) is 0 Å². The third-order valence-corrected chi connectivity index (χ3v) is 5.43. The molecule has 0 aromatic heterocycles. The molecule has 7 nitrogen and oxygen atoms in total. The first-order valence-corrected chi connectivity index (χ1v) is 9.95. The second-order valence-electron chi connectivity index (χ2n) is 7.34. The summed E-state index contributed by atoms with van der Waals surface area (Å²) in [6.07, 6.45) is 0.477. The maximum Gasteiger partial charge on any atom is 0.254 e. The molecule has 2 N–H and O–H groups in total. The van der Waals surface area contributed by atoms with Gasteiger partial charge in [-0.15, -0.1) is 0 Å². The lowest BCUT2D eigenvalue weighted by Gasteiger charge is -2.23. The van der Waals surface area contributed by atoms with Crippen molar-refractivity contribution < 1.29 is 24.6 Å². The molecule has 0 unspecified atom stereocenters. The number of likely N-dealkylation sites (tertiary alicyclic amines) is 1. The summed E-state index contributed by atoms with van der Waals surface area (Å²) in [4.78, 5) is 19.6. The molecule has 2 aromatic rings. The van der Waals surface area contributed by atoms with E-state index in [1.165, 1.54) is 7.11 Å². The lowest BCUT2D eigenvalue weighted by atomic mass is 9.95. The van der Waals surface area contributed by atoms with Gasteiger partial charge in [-0.3, -0.25) is 4.79 Å². The van der Waals surface area contributed by atoms with Gasteiger partial charge in [0.15, 0.2) is 0 Å². The van der Waals surface area contributed by atoms with Crippen LogP contribution in [0.2, 0.25) is 0 Å². The predicted molar refractivity (Wildman–Crippen MR) is 115 cm³/mol. The molecule has 1 aliphatic rings. The first kappa shape index (κ1) is 21.8. The zero-order valence-electron chi connectivity index (χ0n) is 17.6. The fourth-order valence-electron chi connectivity index (χ4n) is 3.73. The van der Waals surface area contributed by atoms with E-state index in [9.17, 15) is 15.0 Å². The number of hydrogen-bond acceptors (Lipinski definition) is 6. The quantitative estimate of drug-likeness (QED) is 0.682. The lowest BCUT2D eigenvalue weighted by Crippen LogP contribution is -2.37. The zero-order chi connectivity index (χ0) is 21.7. The smallest absolute Gasteiger partial charge is 0.254 e. The highest BCUT2D eigenvalue weighted by molar-refractivity contribution is 6.01. The van der Waals surface area contributed by atoms with Crippen LogP contribution in [-0.2, 0) is 4.84 Å². The minimum absolute atomic E-state index is 0.125. The first-order valence-electron chi connectivity index (χ1n) is 9.95. The number of aliphatic hydroxyl groups excluding tert-OH is 2. The maximum atomic E-state index is 13.2. The summed E-state index contributed by atoms with van der Waals surface area (Å²) in [5, 5.41) is 22.9. The molecule has 0 saturated carbocycles. The van der Waals surface area contributed by atoms with Crippen LogP contribution >= 0.6 is 0 Å². The van der Waals surface area contributed by atoms with Gasteiger partial charge < -0.3 is 24.7 Å². The van der Waals surface area contributed by atoms with E-state index in [0.717, 1.165) is 22.3 Å². The van der Waals surface area contributed by atoms with Crippen molar-refractivity contribution in [3.63, 3.8) is 0 Å². The first-order chi connectivity index (χ1) is 14.5. The zero-order valence-corrected chi connectivity index (χ0v) is 17.6. The van der Waals surface area contributed by atoms with Crippen LogP contribution < -0.4 is 4.74 Å². The third-order valence-electron chi connectivity index (χ3n) is 5.43. The van der Waals surface area contributed by atoms with Crippen molar-refractivity contribution >= 4 is 11.6 Å². The Morgan fingerprint density at radius 1 is 1.20 bits per heavy atom. The van der Waals surface area contributed by atoms with E-state index in [1.807, 2.05) is 38.1 Å². The van der Waals surface area contributed by atoms with Crippen molar-refractivity contribution in [3.8, 4) is 16.9 Å². The molecule has 1 aliphatic heterocycles. The number of benzene rings is 2. The molecule has 0 aliphatic carbocycles. The molecule has 1 atom stereocenters. The predicted octanol–water partition coefficient (Wildman–Crippen LogP) is 2.55. The van der Waals surface area contributed by atoms with Gasteiger partial charge in [-0.05, 0) is 48.7 Å². The van der Waals surface area contributed by atoms with Crippen molar-refractivity contribution in [1.29, 1.82) is 0 Å². The molecule has 1 amide bonds. The van der Waals surface area contributed by atoms with Gasteiger partial charge in [0.2, 0.25) is 0 Å². The van der Waals surface area contributed by atoms with Gasteiger partial charge in [0.1, 0.15) is 19.5 Å². The number of rotatable bonds is 7. The van der Waals surface area contributed by atoms with E-state index in [2.05, 4.69) is 5.16 Å². The van der Waals surface area contributed by atoms with Crippen molar-refractivity contribution in [1.82, 2.24) is 4.90 Å². The summed E-state index contributed by atoms with van der Waals surface area (Å²) in [6.45, 7) is 4.26. The van der Waals surface area contributed by atoms with E-state index in [1.54, 1.807) is 17.0 Å². The van der Waals surface area contributed by atoms with Crippen LogP contribution in [0.3, 0.4) is 0 Å². The van der Waals surface area contributed by atoms with E-state index >= 15 is 0 Å². The summed E-state index contributed by atoms with van der Waals surface area (Å²) in [7, 11) is 1.46. The Morgan fingerprint density at radius 3 is 2.70 bits per heavy atom. The molecule has 0 spiro atoms. The van der Waals surface area contributed by atoms with E-state index in [4.69, 9.17) is 9.57 Å². The topological polar surface area (TPSA) is 91.6 Å². The van der Waals surface area contributed by atoms with Gasteiger partial charge in [-0.2, -0.15) is 0 Å². The van der Waals surface area contributed by atoms with Crippen LogP contribution in [0.5, 0.6) is 5.75 Å². The molecule has 7 heteroatoms. The van der Waals surface area contributed by atoms with Gasteiger partial charge in [-0.25, -0.2) is 0 Å². The van der Waals surface area contributed by atoms with Crippen LogP contribution in [0, 0.1) is 13.8 Å².